The number of piperidine rings is 1. The number of anilines is 1. The molecule has 2 aromatic rings. The molecule has 182 valence electrons. The molecule has 0 bridgehead atoms. The molecular formula is C27H35N3O4. The van der Waals surface area contributed by atoms with E-state index >= 15 is 0 Å². The smallest absolute Gasteiger partial charge is 0.410 e. The zero-order valence-corrected chi connectivity index (χ0v) is 20.5. The highest BCUT2D eigenvalue weighted by Crippen LogP contribution is 2.20. The van der Waals surface area contributed by atoms with E-state index in [1.807, 2.05) is 82.3 Å². The molecule has 0 spiro atoms. The van der Waals surface area contributed by atoms with Crippen LogP contribution in [0.1, 0.15) is 44.7 Å². The Kier molecular flexibility index (Phi) is 8.31. The maximum absolute atomic E-state index is 13.1. The van der Waals surface area contributed by atoms with Gasteiger partial charge in [0.2, 0.25) is 11.8 Å². The molecule has 1 heterocycles. The monoisotopic (exact) mass is 465 g/mol. The first kappa shape index (κ1) is 25.3. The summed E-state index contributed by atoms with van der Waals surface area (Å²) in [5.41, 5.74) is 2.20. The topological polar surface area (TPSA) is 87.7 Å². The lowest BCUT2D eigenvalue weighted by Crippen LogP contribution is -2.50. The zero-order chi connectivity index (χ0) is 24.7. The van der Waals surface area contributed by atoms with Gasteiger partial charge in [-0.2, -0.15) is 0 Å². The van der Waals surface area contributed by atoms with Crippen molar-refractivity contribution in [3.63, 3.8) is 0 Å². The van der Waals surface area contributed by atoms with Crippen molar-refractivity contribution in [1.82, 2.24) is 10.2 Å². The average Bonchev–Trinajstić information content (AvgIpc) is 2.79. The molecule has 1 saturated heterocycles. The Bertz CT molecular complexity index is 975. The molecule has 0 aliphatic carbocycles. The van der Waals surface area contributed by atoms with E-state index in [9.17, 15) is 14.4 Å². The molecule has 1 aliphatic rings. The summed E-state index contributed by atoms with van der Waals surface area (Å²) >= 11 is 0. The largest absolute Gasteiger partial charge is 0.444 e. The number of aryl methyl sites for hydroxylation is 1. The number of carbonyl (C=O) groups is 3. The Morgan fingerprint density at radius 2 is 1.62 bits per heavy atom. The van der Waals surface area contributed by atoms with Crippen LogP contribution >= 0.6 is 0 Å². The maximum Gasteiger partial charge on any atom is 0.410 e. The SMILES string of the molecule is Cc1ccc(NC(=O)C(Cc2ccccc2)NC(=O)C2CCN(C(=O)OC(C)(C)C)CC2)cc1. The second-order valence-electron chi connectivity index (χ2n) is 9.85. The summed E-state index contributed by atoms with van der Waals surface area (Å²) in [6, 6.07) is 16.5. The number of nitrogens with zero attached hydrogens (tertiary/aromatic N) is 1. The van der Waals surface area contributed by atoms with Gasteiger partial charge < -0.3 is 20.3 Å². The number of benzene rings is 2. The molecule has 1 fully saturated rings. The second kappa shape index (κ2) is 11.2. The summed E-state index contributed by atoms with van der Waals surface area (Å²) < 4.78 is 5.43. The molecule has 0 aromatic heterocycles. The predicted octanol–water partition coefficient (Wildman–Crippen LogP) is 4.31. The van der Waals surface area contributed by atoms with Crippen LogP contribution in [-0.2, 0) is 20.7 Å². The van der Waals surface area contributed by atoms with Crippen molar-refractivity contribution in [2.45, 2.75) is 58.6 Å². The van der Waals surface area contributed by atoms with E-state index in [0.29, 0.717) is 38.0 Å². The van der Waals surface area contributed by atoms with Crippen LogP contribution in [0.3, 0.4) is 0 Å². The fourth-order valence-corrected chi connectivity index (χ4v) is 3.87. The van der Waals surface area contributed by atoms with E-state index in [0.717, 1.165) is 11.1 Å². The third-order valence-corrected chi connectivity index (χ3v) is 5.75. The lowest BCUT2D eigenvalue weighted by atomic mass is 9.95. The normalized spacial score (nSPS) is 15.4. The van der Waals surface area contributed by atoms with Crippen LogP contribution in [-0.4, -0.2) is 47.5 Å². The molecule has 0 saturated carbocycles. The van der Waals surface area contributed by atoms with Crippen molar-refractivity contribution in [3.05, 3.63) is 65.7 Å². The number of ether oxygens (including phenoxy) is 1. The Morgan fingerprint density at radius 1 is 1.00 bits per heavy atom. The minimum absolute atomic E-state index is 0.163. The average molecular weight is 466 g/mol. The van der Waals surface area contributed by atoms with Crippen LogP contribution in [0, 0.1) is 12.8 Å². The minimum atomic E-state index is -0.708. The molecule has 0 radical (unpaired) electrons. The summed E-state index contributed by atoms with van der Waals surface area (Å²) in [4.78, 5) is 40.1. The summed E-state index contributed by atoms with van der Waals surface area (Å²) in [7, 11) is 0. The van der Waals surface area contributed by atoms with Gasteiger partial charge >= 0.3 is 6.09 Å². The van der Waals surface area contributed by atoms with E-state index in [1.165, 1.54) is 0 Å². The molecule has 3 amide bonds. The lowest BCUT2D eigenvalue weighted by molar-refractivity contribution is -0.130. The number of carbonyl (C=O) groups excluding carboxylic acids is 3. The quantitative estimate of drug-likeness (QED) is 0.666. The van der Waals surface area contributed by atoms with Gasteiger partial charge in [0.05, 0.1) is 0 Å². The highest BCUT2D eigenvalue weighted by molar-refractivity contribution is 5.97. The molecule has 1 atom stereocenters. The molecule has 34 heavy (non-hydrogen) atoms. The van der Waals surface area contributed by atoms with Gasteiger partial charge in [-0.05, 0) is 58.2 Å². The predicted molar refractivity (Wildman–Crippen MR) is 132 cm³/mol. The summed E-state index contributed by atoms with van der Waals surface area (Å²) in [6.45, 7) is 8.38. The van der Waals surface area contributed by atoms with E-state index < -0.39 is 11.6 Å². The van der Waals surface area contributed by atoms with E-state index in [2.05, 4.69) is 10.6 Å². The number of rotatable bonds is 6. The molecule has 7 nitrogen and oxygen atoms in total. The van der Waals surface area contributed by atoms with Gasteiger partial charge in [-0.25, -0.2) is 4.79 Å². The lowest BCUT2D eigenvalue weighted by Gasteiger charge is -2.33. The van der Waals surface area contributed by atoms with Gasteiger partial charge in [-0.15, -0.1) is 0 Å². The van der Waals surface area contributed by atoms with E-state index in [1.54, 1.807) is 4.90 Å². The number of hydrogen-bond donors (Lipinski definition) is 2. The number of hydrogen-bond acceptors (Lipinski definition) is 4. The van der Waals surface area contributed by atoms with Crippen molar-refractivity contribution in [1.29, 1.82) is 0 Å². The minimum Gasteiger partial charge on any atom is -0.444 e. The Labute approximate surface area is 201 Å². The van der Waals surface area contributed by atoms with Crippen LogP contribution in [0.2, 0.25) is 0 Å². The van der Waals surface area contributed by atoms with Crippen molar-refractivity contribution >= 4 is 23.6 Å². The molecule has 1 unspecified atom stereocenters. The first-order chi connectivity index (χ1) is 16.1. The van der Waals surface area contributed by atoms with E-state index in [4.69, 9.17) is 4.74 Å². The summed E-state index contributed by atoms with van der Waals surface area (Å²) in [5, 5.41) is 5.88. The Balaban J connectivity index is 1.62. The van der Waals surface area contributed by atoms with Crippen LogP contribution in [0.4, 0.5) is 10.5 Å². The van der Waals surface area contributed by atoms with Crippen molar-refractivity contribution in [2.75, 3.05) is 18.4 Å². The van der Waals surface area contributed by atoms with E-state index in [-0.39, 0.29) is 23.8 Å². The maximum atomic E-state index is 13.1. The van der Waals surface area contributed by atoms with Crippen molar-refractivity contribution in [3.8, 4) is 0 Å². The van der Waals surface area contributed by atoms with Gasteiger partial charge in [-0.3, -0.25) is 9.59 Å². The molecule has 2 aromatic carbocycles. The van der Waals surface area contributed by atoms with Gasteiger partial charge in [0.25, 0.3) is 0 Å². The standard InChI is InChI=1S/C27H35N3O4/c1-19-10-12-22(13-11-19)28-25(32)23(18-20-8-6-5-7-9-20)29-24(31)21-14-16-30(17-15-21)26(33)34-27(2,3)4/h5-13,21,23H,14-18H2,1-4H3,(H,28,32)(H,29,31). The molecular weight excluding hydrogens is 430 g/mol. The fourth-order valence-electron chi connectivity index (χ4n) is 3.87. The fraction of sp³-hybridized carbons (Fsp3) is 0.444. The van der Waals surface area contributed by atoms with Crippen LogP contribution in [0.25, 0.3) is 0 Å². The highest BCUT2D eigenvalue weighted by Gasteiger charge is 2.32. The van der Waals surface area contributed by atoms with Gasteiger partial charge in [0, 0.05) is 31.1 Å². The molecule has 7 heteroatoms. The first-order valence-electron chi connectivity index (χ1n) is 11.8. The van der Waals surface area contributed by atoms with Crippen LogP contribution in [0.5, 0.6) is 0 Å². The second-order valence-corrected chi connectivity index (χ2v) is 9.85. The van der Waals surface area contributed by atoms with Crippen LogP contribution in [0.15, 0.2) is 54.6 Å². The summed E-state index contributed by atoms with van der Waals surface area (Å²) in [6.07, 6.45) is 1.10. The summed E-state index contributed by atoms with van der Waals surface area (Å²) in [5.74, 6) is -0.680. The van der Waals surface area contributed by atoms with Crippen LogP contribution < -0.4 is 10.6 Å². The van der Waals surface area contributed by atoms with Gasteiger partial charge in [0.1, 0.15) is 11.6 Å². The molecule has 3 rings (SSSR count). The molecule has 2 N–H and O–H groups in total. The highest BCUT2D eigenvalue weighted by atomic mass is 16.6. The first-order valence-corrected chi connectivity index (χ1v) is 11.8. The molecule has 1 aliphatic heterocycles. The van der Waals surface area contributed by atoms with Crippen molar-refractivity contribution in [2.24, 2.45) is 5.92 Å². The third-order valence-electron chi connectivity index (χ3n) is 5.75. The number of likely N-dealkylation sites (tertiary alicyclic amines) is 1. The number of nitrogens with one attached hydrogen (secondary N) is 2. The third kappa shape index (κ3) is 7.61. The zero-order valence-electron chi connectivity index (χ0n) is 20.5. The Morgan fingerprint density at radius 3 is 2.21 bits per heavy atom. The Hall–Kier alpha value is -3.35. The van der Waals surface area contributed by atoms with Gasteiger partial charge in [0.15, 0.2) is 0 Å². The van der Waals surface area contributed by atoms with Crippen molar-refractivity contribution < 1.29 is 19.1 Å². The number of amides is 3. The van der Waals surface area contributed by atoms with Gasteiger partial charge in [-0.1, -0.05) is 48.0 Å².